The quantitative estimate of drug-likeness (QED) is 0.687. The lowest BCUT2D eigenvalue weighted by molar-refractivity contribution is 0.815. The first-order valence-corrected chi connectivity index (χ1v) is 4.98. The van der Waals surface area contributed by atoms with E-state index >= 15 is 0 Å². The highest BCUT2D eigenvalue weighted by Gasteiger charge is 2.04. The highest BCUT2D eigenvalue weighted by Crippen LogP contribution is 2.13. The first kappa shape index (κ1) is 9.25. The zero-order valence-corrected chi connectivity index (χ0v) is 8.63. The summed E-state index contributed by atoms with van der Waals surface area (Å²) in [6, 6.07) is 0. The second-order valence-electron chi connectivity index (χ2n) is 1.77. The first-order valence-electron chi connectivity index (χ1n) is 2.51. The average molecular weight is 264 g/mol. The van der Waals surface area contributed by atoms with Crippen molar-refractivity contribution in [3.05, 3.63) is 0 Å². The Hall–Kier alpha value is 1.25. The highest BCUT2D eigenvalue weighted by atomic mass is 79.9. The third-order valence-corrected chi connectivity index (χ3v) is 2.61. The van der Waals surface area contributed by atoms with Gasteiger partial charge in [-0.1, -0.05) is 38.8 Å². The van der Waals surface area contributed by atoms with Crippen molar-refractivity contribution < 1.29 is 0 Å². The van der Waals surface area contributed by atoms with Crippen molar-refractivity contribution in [1.29, 1.82) is 0 Å². The van der Waals surface area contributed by atoms with Gasteiger partial charge in [-0.2, -0.15) is 0 Å². The predicted molar refractivity (Wildman–Crippen MR) is 46.4 cm³/mol. The summed E-state index contributed by atoms with van der Waals surface area (Å²) in [5.74, 6) is 0. The minimum Gasteiger partial charge on any atom is -0.122 e. The molecular weight excluding hydrogens is 255 g/mol. The summed E-state index contributed by atoms with van der Waals surface area (Å²) in [5, 5.41) is 1.15. The number of hydrogen-bond donors (Lipinski definition) is 0. The van der Waals surface area contributed by atoms with Gasteiger partial charge in [0.25, 0.3) is 0 Å². The summed E-state index contributed by atoms with van der Waals surface area (Å²) in [7, 11) is 0. The molecule has 0 fully saturated rings. The molecule has 0 saturated carbocycles. The van der Waals surface area contributed by atoms with E-state index in [9.17, 15) is 0 Å². The molecule has 0 N–H and O–H groups in total. The molecule has 0 aliphatic carbocycles. The van der Waals surface area contributed by atoms with Crippen LogP contribution in [0, 0.1) is 0 Å². The Bertz CT molecular complexity index is 56.4. The maximum atomic E-state index is 5.78. The average Bonchev–Trinajstić information content (AvgIpc) is 1.65. The molecule has 2 unspecified atom stereocenters. The van der Waals surface area contributed by atoms with Gasteiger partial charge in [0.2, 0.25) is 0 Å². The standard InChI is InChI=1S/C5H9Br2Cl/c1-4(7)2-5(8)3-6/h4-5H,2-3H2,1H3. The Morgan fingerprint density at radius 2 is 2.12 bits per heavy atom. The molecule has 0 aliphatic rings. The lowest BCUT2D eigenvalue weighted by Gasteiger charge is -2.05. The van der Waals surface area contributed by atoms with Crippen molar-refractivity contribution in [1.82, 2.24) is 0 Å². The summed E-state index contributed by atoms with van der Waals surface area (Å²) < 4.78 is 0. The predicted octanol–water partition coefficient (Wildman–Crippen LogP) is 3.16. The topological polar surface area (TPSA) is 0 Å². The molecule has 0 rings (SSSR count). The van der Waals surface area contributed by atoms with E-state index < -0.39 is 0 Å². The minimum absolute atomic E-state index is 0.268. The summed E-state index contributed by atoms with van der Waals surface area (Å²) in [5.41, 5.74) is 0. The van der Waals surface area contributed by atoms with Gasteiger partial charge in [-0.05, 0) is 6.42 Å². The molecule has 0 bridgehead atoms. The maximum absolute atomic E-state index is 5.78. The molecule has 2 atom stereocenters. The van der Waals surface area contributed by atoms with Crippen LogP contribution in [-0.2, 0) is 0 Å². The first-order chi connectivity index (χ1) is 3.66. The van der Waals surface area contributed by atoms with Gasteiger partial charge in [-0.25, -0.2) is 0 Å². The zero-order valence-electron chi connectivity index (χ0n) is 4.70. The third kappa shape index (κ3) is 5.39. The lowest BCUT2D eigenvalue weighted by atomic mass is 10.3. The summed E-state index contributed by atoms with van der Waals surface area (Å²) >= 11 is 12.5. The van der Waals surface area contributed by atoms with Crippen LogP contribution < -0.4 is 0 Å². The van der Waals surface area contributed by atoms with E-state index in [0.717, 1.165) is 11.8 Å². The van der Waals surface area contributed by atoms with Crippen LogP contribution in [0.25, 0.3) is 0 Å². The van der Waals surface area contributed by atoms with Crippen molar-refractivity contribution in [2.45, 2.75) is 23.5 Å². The molecule has 0 aromatic rings. The Morgan fingerprint density at radius 1 is 1.62 bits per heavy atom. The van der Waals surface area contributed by atoms with Gasteiger partial charge >= 0.3 is 0 Å². The minimum atomic E-state index is 0.268. The second kappa shape index (κ2) is 5.07. The number of halogens is 3. The largest absolute Gasteiger partial charge is 0.122 e. The molecule has 0 nitrogen and oxygen atoms in total. The van der Waals surface area contributed by atoms with E-state index in [4.69, 9.17) is 11.6 Å². The van der Waals surface area contributed by atoms with Crippen molar-refractivity contribution >= 4 is 43.5 Å². The van der Waals surface area contributed by atoms with E-state index in [2.05, 4.69) is 38.8 Å². The van der Waals surface area contributed by atoms with Crippen LogP contribution in [0.15, 0.2) is 0 Å². The fourth-order valence-corrected chi connectivity index (χ4v) is 1.61. The number of alkyl halides is 3. The number of rotatable bonds is 3. The van der Waals surface area contributed by atoms with Crippen molar-refractivity contribution in [2.24, 2.45) is 0 Å². The molecule has 50 valence electrons. The van der Waals surface area contributed by atoms with Crippen LogP contribution in [0.4, 0.5) is 0 Å². The molecule has 0 aromatic heterocycles. The highest BCUT2D eigenvalue weighted by molar-refractivity contribution is 9.09. The normalized spacial score (nSPS) is 18.0. The monoisotopic (exact) mass is 262 g/mol. The molecule has 0 heterocycles. The van der Waals surface area contributed by atoms with E-state index in [1.54, 1.807) is 0 Å². The zero-order chi connectivity index (χ0) is 6.57. The maximum Gasteiger partial charge on any atom is 0.0443 e. The van der Waals surface area contributed by atoms with Crippen LogP contribution in [0.3, 0.4) is 0 Å². The van der Waals surface area contributed by atoms with E-state index in [1.807, 2.05) is 0 Å². The van der Waals surface area contributed by atoms with E-state index in [0.29, 0.717) is 4.83 Å². The smallest absolute Gasteiger partial charge is 0.0443 e. The SMILES string of the molecule is CC(Br)CC(Cl)CBr. The second-order valence-corrected chi connectivity index (χ2v) is 4.60. The van der Waals surface area contributed by atoms with Crippen molar-refractivity contribution in [3.8, 4) is 0 Å². The molecule has 0 aliphatic heterocycles. The van der Waals surface area contributed by atoms with Crippen LogP contribution in [0.1, 0.15) is 13.3 Å². The van der Waals surface area contributed by atoms with Gasteiger partial charge in [-0.3, -0.25) is 0 Å². The van der Waals surface area contributed by atoms with E-state index in [1.165, 1.54) is 0 Å². The van der Waals surface area contributed by atoms with Gasteiger partial charge in [0.15, 0.2) is 0 Å². The fourth-order valence-electron chi connectivity index (χ4n) is 0.415. The van der Waals surface area contributed by atoms with Gasteiger partial charge in [-0.15, -0.1) is 11.6 Å². The summed E-state index contributed by atoms with van der Waals surface area (Å²) in [6.45, 7) is 2.10. The Balaban J connectivity index is 3.10. The lowest BCUT2D eigenvalue weighted by Crippen LogP contribution is -2.05. The fraction of sp³-hybridized carbons (Fsp3) is 1.00. The van der Waals surface area contributed by atoms with E-state index in [-0.39, 0.29) is 5.38 Å². The van der Waals surface area contributed by atoms with Crippen LogP contribution in [-0.4, -0.2) is 15.5 Å². The molecule has 8 heavy (non-hydrogen) atoms. The molecule has 0 spiro atoms. The molecule has 0 aromatic carbocycles. The Kier molecular flexibility index (Phi) is 5.86. The Labute approximate surface area is 72.2 Å². The van der Waals surface area contributed by atoms with Crippen LogP contribution in [0.2, 0.25) is 0 Å². The third-order valence-electron chi connectivity index (χ3n) is 0.748. The summed E-state index contributed by atoms with van der Waals surface area (Å²) in [6.07, 6.45) is 1.02. The molecule has 3 heteroatoms. The molecule has 0 radical (unpaired) electrons. The molecule has 0 amide bonds. The van der Waals surface area contributed by atoms with Gasteiger partial charge in [0.05, 0.1) is 0 Å². The van der Waals surface area contributed by atoms with Crippen LogP contribution >= 0.6 is 43.5 Å². The Morgan fingerprint density at radius 3 is 2.25 bits per heavy atom. The van der Waals surface area contributed by atoms with Crippen molar-refractivity contribution in [3.63, 3.8) is 0 Å². The van der Waals surface area contributed by atoms with Gasteiger partial charge in [0, 0.05) is 15.5 Å². The van der Waals surface area contributed by atoms with Gasteiger partial charge in [0.1, 0.15) is 0 Å². The van der Waals surface area contributed by atoms with Crippen LogP contribution in [0.5, 0.6) is 0 Å². The van der Waals surface area contributed by atoms with Gasteiger partial charge < -0.3 is 0 Å². The van der Waals surface area contributed by atoms with Crippen molar-refractivity contribution in [2.75, 3.05) is 5.33 Å². The summed E-state index contributed by atoms with van der Waals surface area (Å²) in [4.78, 5) is 0.530. The number of hydrogen-bond acceptors (Lipinski definition) is 0. The molecule has 0 saturated heterocycles. The molecular formula is C5H9Br2Cl.